The maximum absolute atomic E-state index is 9.57. The average molecular weight is 204 g/mol. The van der Waals surface area contributed by atoms with Crippen LogP contribution in [0.25, 0.3) is 10.1 Å². The van der Waals surface area contributed by atoms with Crippen molar-refractivity contribution in [2.45, 2.75) is 6.42 Å². The van der Waals surface area contributed by atoms with Gasteiger partial charge >= 0.3 is 0 Å². The molecule has 0 aliphatic carbocycles. The van der Waals surface area contributed by atoms with Crippen molar-refractivity contribution in [2.75, 3.05) is 5.73 Å². The van der Waals surface area contributed by atoms with Crippen LogP contribution >= 0.6 is 11.3 Å². The molecule has 0 aliphatic rings. The van der Waals surface area contributed by atoms with Crippen molar-refractivity contribution in [1.82, 2.24) is 0 Å². The third-order valence-electron chi connectivity index (χ3n) is 2.03. The molecule has 3 N–H and O–H groups in total. The number of nitrogen functional groups attached to an aromatic ring is 1. The minimum atomic E-state index is 0.232. The molecule has 0 amide bonds. The Morgan fingerprint density at radius 3 is 3.00 bits per heavy atom. The number of nitrogens with two attached hydrogens (primary N) is 1. The topological polar surface area (TPSA) is 70.0 Å². The predicted octanol–water partition coefficient (Wildman–Crippen LogP) is 2.26. The minimum Gasteiger partial charge on any atom is -0.506 e. The number of thiophene rings is 1. The van der Waals surface area contributed by atoms with Gasteiger partial charge in [0.2, 0.25) is 0 Å². The lowest BCUT2D eigenvalue weighted by Crippen LogP contribution is -1.88. The molecular weight excluding hydrogens is 196 g/mol. The van der Waals surface area contributed by atoms with Gasteiger partial charge in [0.05, 0.1) is 12.5 Å². The maximum Gasteiger partial charge on any atom is 0.134 e. The molecule has 0 saturated carbocycles. The largest absolute Gasteiger partial charge is 0.506 e. The highest BCUT2D eigenvalue weighted by Crippen LogP contribution is 2.35. The summed E-state index contributed by atoms with van der Waals surface area (Å²) in [7, 11) is 0. The lowest BCUT2D eigenvalue weighted by Gasteiger charge is -2.01. The first kappa shape index (κ1) is 8.85. The molecule has 1 aromatic heterocycles. The number of nitrogens with zero attached hydrogens (tertiary/aromatic N) is 1. The Morgan fingerprint density at radius 2 is 2.29 bits per heavy atom. The van der Waals surface area contributed by atoms with E-state index >= 15 is 0 Å². The normalized spacial score (nSPS) is 10.2. The summed E-state index contributed by atoms with van der Waals surface area (Å²) in [6.45, 7) is 0. The number of nitriles is 1. The highest BCUT2D eigenvalue weighted by atomic mass is 32.1. The molecule has 0 saturated heterocycles. The van der Waals surface area contributed by atoms with Crippen molar-refractivity contribution in [2.24, 2.45) is 0 Å². The van der Waals surface area contributed by atoms with E-state index in [1.165, 1.54) is 11.3 Å². The molecule has 2 aromatic rings. The van der Waals surface area contributed by atoms with Crippen LogP contribution in [0, 0.1) is 11.3 Å². The number of fused-ring (bicyclic) bond motifs is 1. The molecule has 0 bridgehead atoms. The van der Waals surface area contributed by atoms with E-state index in [1.54, 1.807) is 17.5 Å². The molecule has 1 heterocycles. The molecule has 0 atom stereocenters. The van der Waals surface area contributed by atoms with Gasteiger partial charge in [0.15, 0.2) is 0 Å². The van der Waals surface area contributed by atoms with Crippen LogP contribution in [0.2, 0.25) is 0 Å². The van der Waals surface area contributed by atoms with Crippen LogP contribution in [0.3, 0.4) is 0 Å². The standard InChI is InChI=1S/C10H8N2OS/c11-2-1-6-3-7(12)4-9-10(6)8(13)5-14-9/h3-5,13H,1,12H2. The van der Waals surface area contributed by atoms with Crippen molar-refractivity contribution < 1.29 is 5.11 Å². The highest BCUT2D eigenvalue weighted by Gasteiger charge is 2.08. The fourth-order valence-corrected chi connectivity index (χ4v) is 2.40. The van der Waals surface area contributed by atoms with E-state index in [1.807, 2.05) is 0 Å². The highest BCUT2D eigenvalue weighted by molar-refractivity contribution is 7.17. The summed E-state index contributed by atoms with van der Waals surface area (Å²) in [5, 5.41) is 20.6. The van der Waals surface area contributed by atoms with Gasteiger partial charge < -0.3 is 10.8 Å². The van der Waals surface area contributed by atoms with E-state index < -0.39 is 0 Å². The molecular formula is C10H8N2OS. The molecule has 4 heteroatoms. The van der Waals surface area contributed by atoms with Crippen molar-refractivity contribution in [1.29, 1.82) is 5.26 Å². The summed E-state index contributed by atoms with van der Waals surface area (Å²) in [6.07, 6.45) is 0.270. The first-order valence-corrected chi connectivity index (χ1v) is 4.96. The van der Waals surface area contributed by atoms with Gasteiger partial charge in [-0.2, -0.15) is 5.26 Å². The van der Waals surface area contributed by atoms with E-state index in [0.717, 1.165) is 15.6 Å². The van der Waals surface area contributed by atoms with E-state index in [-0.39, 0.29) is 12.2 Å². The van der Waals surface area contributed by atoms with E-state index in [9.17, 15) is 5.11 Å². The number of rotatable bonds is 1. The van der Waals surface area contributed by atoms with Crippen LogP contribution in [0.1, 0.15) is 5.56 Å². The van der Waals surface area contributed by atoms with Crippen LogP contribution in [0.4, 0.5) is 5.69 Å². The average Bonchev–Trinajstić information content (AvgIpc) is 2.48. The molecule has 70 valence electrons. The molecule has 0 aliphatic heterocycles. The van der Waals surface area contributed by atoms with Gasteiger partial charge in [0.1, 0.15) is 5.75 Å². The Labute approximate surface area is 85.0 Å². The van der Waals surface area contributed by atoms with Gasteiger partial charge in [-0.25, -0.2) is 0 Å². The van der Waals surface area contributed by atoms with Gasteiger partial charge in [-0.1, -0.05) is 0 Å². The van der Waals surface area contributed by atoms with E-state index in [4.69, 9.17) is 11.0 Å². The van der Waals surface area contributed by atoms with Gasteiger partial charge in [0, 0.05) is 21.2 Å². The summed E-state index contributed by atoms with van der Waals surface area (Å²) in [4.78, 5) is 0. The second kappa shape index (κ2) is 3.20. The van der Waals surface area contributed by atoms with Crippen LogP contribution in [0.5, 0.6) is 5.75 Å². The van der Waals surface area contributed by atoms with E-state index in [0.29, 0.717) is 5.69 Å². The fraction of sp³-hybridized carbons (Fsp3) is 0.100. The smallest absolute Gasteiger partial charge is 0.134 e. The zero-order valence-electron chi connectivity index (χ0n) is 7.32. The molecule has 0 radical (unpaired) electrons. The second-order valence-electron chi connectivity index (χ2n) is 3.01. The molecule has 0 spiro atoms. The monoisotopic (exact) mass is 204 g/mol. The van der Waals surface area contributed by atoms with Gasteiger partial charge in [-0.3, -0.25) is 0 Å². The third kappa shape index (κ3) is 1.28. The summed E-state index contributed by atoms with van der Waals surface area (Å²) in [5.74, 6) is 0.232. The van der Waals surface area contributed by atoms with E-state index in [2.05, 4.69) is 6.07 Å². The molecule has 0 fully saturated rings. The molecule has 1 aromatic carbocycles. The van der Waals surface area contributed by atoms with Crippen molar-refractivity contribution >= 4 is 27.1 Å². The number of anilines is 1. The maximum atomic E-state index is 9.57. The lowest BCUT2D eigenvalue weighted by molar-refractivity contribution is 0.483. The Bertz CT molecular complexity index is 525. The van der Waals surface area contributed by atoms with Crippen LogP contribution < -0.4 is 5.73 Å². The zero-order chi connectivity index (χ0) is 10.1. The molecule has 14 heavy (non-hydrogen) atoms. The van der Waals surface area contributed by atoms with Crippen molar-refractivity contribution in [3.8, 4) is 11.8 Å². The Balaban J connectivity index is 2.78. The minimum absolute atomic E-state index is 0.232. The predicted molar refractivity (Wildman–Crippen MR) is 57.2 cm³/mol. The fourth-order valence-electron chi connectivity index (χ4n) is 1.48. The number of aromatic hydroxyl groups is 1. The second-order valence-corrected chi connectivity index (χ2v) is 3.92. The number of hydrogen-bond acceptors (Lipinski definition) is 4. The van der Waals surface area contributed by atoms with Gasteiger partial charge in [0.25, 0.3) is 0 Å². The number of hydrogen-bond donors (Lipinski definition) is 2. The first-order chi connectivity index (χ1) is 6.72. The molecule has 0 unspecified atom stereocenters. The number of benzene rings is 1. The van der Waals surface area contributed by atoms with Gasteiger partial charge in [-0.15, -0.1) is 11.3 Å². The van der Waals surface area contributed by atoms with Crippen molar-refractivity contribution in [3.63, 3.8) is 0 Å². The Hall–Kier alpha value is -1.73. The van der Waals surface area contributed by atoms with Crippen molar-refractivity contribution in [3.05, 3.63) is 23.1 Å². The Kier molecular flexibility index (Phi) is 2.02. The summed E-state index contributed by atoms with van der Waals surface area (Å²) < 4.78 is 0.924. The first-order valence-electron chi connectivity index (χ1n) is 4.08. The SMILES string of the molecule is N#CCc1cc(N)cc2scc(O)c12. The summed E-state index contributed by atoms with van der Waals surface area (Å²) in [6, 6.07) is 5.60. The van der Waals surface area contributed by atoms with Crippen LogP contribution in [-0.4, -0.2) is 5.11 Å². The molecule has 3 nitrogen and oxygen atoms in total. The lowest BCUT2D eigenvalue weighted by atomic mass is 10.1. The van der Waals surface area contributed by atoms with Crippen LogP contribution in [0.15, 0.2) is 17.5 Å². The Morgan fingerprint density at radius 1 is 1.50 bits per heavy atom. The summed E-state index contributed by atoms with van der Waals surface area (Å²) >= 11 is 1.43. The molecule has 2 rings (SSSR count). The third-order valence-corrected chi connectivity index (χ3v) is 2.95. The quantitative estimate of drug-likeness (QED) is 0.700. The van der Waals surface area contributed by atoms with Gasteiger partial charge in [-0.05, 0) is 17.7 Å². The zero-order valence-corrected chi connectivity index (χ0v) is 8.14. The summed E-state index contributed by atoms with van der Waals surface area (Å²) in [5.41, 5.74) is 7.10. The van der Waals surface area contributed by atoms with Crippen LogP contribution in [-0.2, 0) is 6.42 Å².